The number of halogens is 6. The van der Waals surface area contributed by atoms with Crippen LogP contribution in [0.15, 0.2) is 0 Å². The SMILES string of the molecule is Cl.NCCNC(=O)C(F)(F)C(F)(F)F. The minimum atomic E-state index is -5.87. The molecule has 0 aromatic carbocycles. The Balaban J connectivity index is 0. The van der Waals surface area contributed by atoms with E-state index in [1.54, 1.807) is 0 Å². The molecule has 0 saturated carbocycles. The van der Waals surface area contributed by atoms with E-state index < -0.39 is 24.6 Å². The molecule has 0 aliphatic rings. The topological polar surface area (TPSA) is 55.1 Å². The van der Waals surface area contributed by atoms with Crippen molar-refractivity contribution in [2.24, 2.45) is 5.73 Å². The Morgan fingerprint density at radius 3 is 1.93 bits per heavy atom. The number of carbonyl (C=O) groups excluding carboxylic acids is 1. The van der Waals surface area contributed by atoms with Crippen LogP contribution in [-0.4, -0.2) is 31.1 Å². The average molecular weight is 243 g/mol. The van der Waals surface area contributed by atoms with Gasteiger partial charge in [0.15, 0.2) is 0 Å². The van der Waals surface area contributed by atoms with E-state index in [2.05, 4.69) is 0 Å². The molecule has 0 bridgehead atoms. The molecule has 0 fully saturated rings. The van der Waals surface area contributed by atoms with Crippen LogP contribution < -0.4 is 11.1 Å². The van der Waals surface area contributed by atoms with Gasteiger partial charge >= 0.3 is 12.1 Å². The van der Waals surface area contributed by atoms with Crippen LogP contribution >= 0.6 is 12.4 Å². The van der Waals surface area contributed by atoms with Crippen LogP contribution in [0.5, 0.6) is 0 Å². The van der Waals surface area contributed by atoms with E-state index in [-0.39, 0.29) is 19.0 Å². The van der Waals surface area contributed by atoms with E-state index in [4.69, 9.17) is 5.73 Å². The molecule has 9 heteroatoms. The molecule has 0 unspecified atom stereocenters. The smallest absolute Gasteiger partial charge is 0.349 e. The molecule has 1 amide bonds. The average Bonchev–Trinajstić information content (AvgIpc) is 1.97. The van der Waals surface area contributed by atoms with Gasteiger partial charge in [-0.3, -0.25) is 4.79 Å². The molecule has 0 saturated heterocycles. The lowest BCUT2D eigenvalue weighted by Crippen LogP contribution is -2.51. The number of alkyl halides is 5. The summed E-state index contributed by atoms with van der Waals surface area (Å²) in [6.07, 6.45) is -5.87. The Morgan fingerprint density at radius 2 is 1.64 bits per heavy atom. The molecule has 86 valence electrons. The maximum Gasteiger partial charge on any atom is 0.463 e. The molecule has 3 N–H and O–H groups in total. The van der Waals surface area contributed by atoms with Crippen LogP contribution in [0.25, 0.3) is 0 Å². The molecular formula is C5H8ClF5N2O. The fraction of sp³-hybridized carbons (Fsp3) is 0.800. The number of amides is 1. The normalized spacial score (nSPS) is 11.9. The molecule has 0 aromatic heterocycles. The standard InChI is InChI=1S/C5H7F5N2O.ClH/c6-4(7,5(8,9)10)3(13)12-2-1-11;/h1-2,11H2,(H,12,13);1H. The number of nitrogens with one attached hydrogen (secondary N) is 1. The summed E-state index contributed by atoms with van der Waals surface area (Å²) in [5, 5.41) is 1.35. The lowest BCUT2D eigenvalue weighted by Gasteiger charge is -2.18. The summed E-state index contributed by atoms with van der Waals surface area (Å²) >= 11 is 0. The van der Waals surface area contributed by atoms with Gasteiger partial charge in [0.05, 0.1) is 0 Å². The van der Waals surface area contributed by atoms with Crippen molar-refractivity contribution in [3.63, 3.8) is 0 Å². The van der Waals surface area contributed by atoms with Gasteiger partial charge in [0.2, 0.25) is 0 Å². The van der Waals surface area contributed by atoms with E-state index in [1.165, 1.54) is 5.32 Å². The van der Waals surface area contributed by atoms with Crippen molar-refractivity contribution in [2.45, 2.75) is 12.1 Å². The summed E-state index contributed by atoms with van der Waals surface area (Å²) in [5.74, 6) is -7.74. The highest BCUT2D eigenvalue weighted by Gasteiger charge is 2.63. The Kier molecular flexibility index (Phi) is 5.99. The van der Waals surface area contributed by atoms with Gasteiger partial charge in [-0.05, 0) is 0 Å². The summed E-state index contributed by atoms with van der Waals surface area (Å²) in [6.45, 7) is -0.635. The van der Waals surface area contributed by atoms with E-state index in [0.717, 1.165) is 0 Å². The molecule has 0 spiro atoms. The van der Waals surface area contributed by atoms with E-state index >= 15 is 0 Å². The Bertz CT molecular complexity index is 195. The summed E-state index contributed by atoms with van der Waals surface area (Å²) in [5.41, 5.74) is 4.79. The summed E-state index contributed by atoms with van der Waals surface area (Å²) in [7, 11) is 0. The van der Waals surface area contributed by atoms with Gasteiger partial charge < -0.3 is 11.1 Å². The quantitative estimate of drug-likeness (QED) is 0.715. The van der Waals surface area contributed by atoms with E-state index in [1.807, 2.05) is 0 Å². The lowest BCUT2D eigenvalue weighted by atomic mass is 10.3. The van der Waals surface area contributed by atoms with Crippen LogP contribution in [0.4, 0.5) is 22.0 Å². The van der Waals surface area contributed by atoms with Gasteiger partial charge in [-0.2, -0.15) is 22.0 Å². The first-order valence-electron chi connectivity index (χ1n) is 3.16. The molecule has 3 nitrogen and oxygen atoms in total. The molecule has 0 aromatic rings. The van der Waals surface area contributed by atoms with Crippen LogP contribution in [-0.2, 0) is 4.79 Å². The van der Waals surface area contributed by atoms with Crippen molar-refractivity contribution < 1.29 is 26.7 Å². The van der Waals surface area contributed by atoms with Crippen molar-refractivity contribution in [1.82, 2.24) is 5.32 Å². The van der Waals surface area contributed by atoms with Gasteiger partial charge in [-0.1, -0.05) is 0 Å². The summed E-state index contributed by atoms with van der Waals surface area (Å²) < 4.78 is 58.5. The van der Waals surface area contributed by atoms with Crippen LogP contribution in [0.3, 0.4) is 0 Å². The van der Waals surface area contributed by atoms with Gasteiger partial charge in [-0.15, -0.1) is 12.4 Å². The highest BCUT2D eigenvalue weighted by Crippen LogP contribution is 2.35. The lowest BCUT2D eigenvalue weighted by molar-refractivity contribution is -0.269. The van der Waals surface area contributed by atoms with Crippen molar-refractivity contribution >= 4 is 18.3 Å². The highest BCUT2D eigenvalue weighted by atomic mass is 35.5. The molecule has 14 heavy (non-hydrogen) atoms. The number of hydrogen-bond donors (Lipinski definition) is 2. The maximum atomic E-state index is 12.1. The second kappa shape index (κ2) is 5.30. The first-order valence-corrected chi connectivity index (χ1v) is 3.16. The summed E-state index contributed by atoms with van der Waals surface area (Å²) in [4.78, 5) is 10.2. The highest BCUT2D eigenvalue weighted by molar-refractivity contribution is 5.85. The van der Waals surface area contributed by atoms with Crippen LogP contribution in [0, 0.1) is 0 Å². The maximum absolute atomic E-state index is 12.1. The first kappa shape index (κ1) is 15.8. The predicted octanol–water partition coefficient (Wildman–Crippen LogP) is 0.681. The largest absolute Gasteiger partial charge is 0.463 e. The first-order chi connectivity index (χ1) is 5.73. The van der Waals surface area contributed by atoms with Crippen molar-refractivity contribution in [3.8, 4) is 0 Å². The zero-order valence-electron chi connectivity index (χ0n) is 6.70. The van der Waals surface area contributed by atoms with Gasteiger partial charge in [0.1, 0.15) is 0 Å². The van der Waals surface area contributed by atoms with Crippen molar-refractivity contribution in [1.29, 1.82) is 0 Å². The van der Waals surface area contributed by atoms with E-state index in [0.29, 0.717) is 0 Å². The van der Waals surface area contributed by atoms with Gasteiger partial charge in [0.25, 0.3) is 5.91 Å². The molecule has 0 heterocycles. The molecular weight excluding hydrogens is 235 g/mol. The molecule has 0 aliphatic heterocycles. The number of nitrogens with two attached hydrogens (primary N) is 1. The molecule has 0 radical (unpaired) electrons. The predicted molar refractivity (Wildman–Crippen MR) is 40.3 cm³/mol. The summed E-state index contributed by atoms with van der Waals surface area (Å²) in [6, 6.07) is 0. The van der Waals surface area contributed by atoms with Gasteiger partial charge in [-0.25, -0.2) is 0 Å². The van der Waals surface area contributed by atoms with Crippen LogP contribution in [0.1, 0.15) is 0 Å². The third kappa shape index (κ3) is 3.62. The van der Waals surface area contributed by atoms with E-state index in [9.17, 15) is 26.7 Å². The number of rotatable bonds is 3. The van der Waals surface area contributed by atoms with Gasteiger partial charge in [0, 0.05) is 13.1 Å². The monoisotopic (exact) mass is 242 g/mol. The second-order valence-corrected chi connectivity index (χ2v) is 2.12. The number of hydrogen-bond acceptors (Lipinski definition) is 2. The fourth-order valence-corrected chi connectivity index (χ4v) is 0.425. The fourth-order valence-electron chi connectivity index (χ4n) is 0.425. The Hall–Kier alpha value is -0.630. The van der Waals surface area contributed by atoms with Crippen molar-refractivity contribution in [2.75, 3.05) is 13.1 Å². The Morgan fingerprint density at radius 1 is 1.21 bits per heavy atom. The third-order valence-electron chi connectivity index (χ3n) is 1.07. The van der Waals surface area contributed by atoms with Crippen molar-refractivity contribution in [3.05, 3.63) is 0 Å². The number of carbonyl (C=O) groups is 1. The zero-order valence-corrected chi connectivity index (χ0v) is 7.51. The Labute approximate surface area is 82.2 Å². The zero-order chi connectivity index (χ0) is 10.7. The van der Waals surface area contributed by atoms with Crippen LogP contribution in [0.2, 0.25) is 0 Å². The molecule has 0 aliphatic carbocycles. The third-order valence-corrected chi connectivity index (χ3v) is 1.07. The minimum Gasteiger partial charge on any atom is -0.349 e. The second-order valence-electron chi connectivity index (χ2n) is 2.12. The minimum absolute atomic E-state index is 0. The molecule has 0 atom stereocenters. The molecule has 0 rings (SSSR count).